The molecule has 0 saturated carbocycles. The van der Waals surface area contributed by atoms with Crippen LogP contribution in [0.2, 0.25) is 0 Å². The van der Waals surface area contributed by atoms with Crippen molar-refractivity contribution in [3.63, 3.8) is 0 Å². The molecule has 0 aromatic heterocycles. The number of ether oxygens (including phenoxy) is 1. The molecule has 1 amide bonds. The summed E-state index contributed by atoms with van der Waals surface area (Å²) in [4.78, 5) is 21.8. The predicted octanol–water partition coefficient (Wildman–Crippen LogP) is 1.46. The van der Waals surface area contributed by atoms with E-state index < -0.39 is 22.3 Å². The van der Waals surface area contributed by atoms with Crippen molar-refractivity contribution in [2.24, 2.45) is 0 Å². The Labute approximate surface area is 110 Å². The Balaban J connectivity index is 2.88. The number of methoxy groups -OCH3 is 1. The number of phenolic OH excluding ortho intramolecular Hbond substituents is 1. The number of nitrogens with one attached hydrogen (secondary N) is 1. The number of rotatable bonds is 6. The number of benzene rings is 1. The van der Waals surface area contributed by atoms with Gasteiger partial charge in [0.05, 0.1) is 17.6 Å². The third-order valence-corrected chi connectivity index (χ3v) is 2.63. The molecule has 0 aliphatic heterocycles. The second kappa shape index (κ2) is 6.69. The molecule has 2 N–H and O–H groups in total. The Kier molecular flexibility index (Phi) is 5.25. The monoisotopic (exact) mass is 268 g/mol. The van der Waals surface area contributed by atoms with Crippen LogP contribution in [0.15, 0.2) is 18.2 Å². The van der Waals surface area contributed by atoms with Crippen LogP contribution in [-0.2, 0) is 4.74 Å². The summed E-state index contributed by atoms with van der Waals surface area (Å²) in [6.07, 6.45) is 0.680. The molecule has 0 spiro atoms. The van der Waals surface area contributed by atoms with Gasteiger partial charge >= 0.3 is 5.69 Å². The first-order valence-electron chi connectivity index (χ1n) is 5.76. The Hall–Kier alpha value is -2.15. The summed E-state index contributed by atoms with van der Waals surface area (Å²) in [5, 5.41) is 22.7. The SMILES string of the molecule is CC[C@H](COC)NC(=O)c1ccc(O)c([N+](=O)[O-])c1. The van der Waals surface area contributed by atoms with Crippen LogP contribution in [0.1, 0.15) is 23.7 Å². The average Bonchev–Trinajstić information content (AvgIpc) is 2.38. The first-order chi connectivity index (χ1) is 8.99. The zero-order valence-electron chi connectivity index (χ0n) is 10.8. The molecule has 19 heavy (non-hydrogen) atoms. The highest BCUT2D eigenvalue weighted by Gasteiger charge is 2.18. The summed E-state index contributed by atoms with van der Waals surface area (Å²) in [7, 11) is 1.53. The van der Waals surface area contributed by atoms with Gasteiger partial charge in [-0.15, -0.1) is 0 Å². The lowest BCUT2D eigenvalue weighted by atomic mass is 10.1. The van der Waals surface area contributed by atoms with Crippen molar-refractivity contribution in [3.05, 3.63) is 33.9 Å². The summed E-state index contributed by atoms with van der Waals surface area (Å²) in [6.45, 7) is 2.26. The molecular weight excluding hydrogens is 252 g/mol. The molecule has 0 saturated heterocycles. The summed E-state index contributed by atoms with van der Waals surface area (Å²) < 4.78 is 4.95. The molecule has 0 bridgehead atoms. The Morgan fingerprint density at radius 2 is 2.26 bits per heavy atom. The van der Waals surface area contributed by atoms with E-state index >= 15 is 0 Å². The normalized spacial score (nSPS) is 11.9. The highest BCUT2D eigenvalue weighted by Crippen LogP contribution is 2.26. The predicted molar refractivity (Wildman–Crippen MR) is 68.2 cm³/mol. The van der Waals surface area contributed by atoms with Crippen molar-refractivity contribution in [2.45, 2.75) is 19.4 Å². The van der Waals surface area contributed by atoms with E-state index in [1.54, 1.807) is 0 Å². The van der Waals surface area contributed by atoms with E-state index in [4.69, 9.17) is 4.74 Å². The van der Waals surface area contributed by atoms with Gasteiger partial charge in [-0.05, 0) is 18.6 Å². The number of nitro benzene ring substituents is 1. The smallest absolute Gasteiger partial charge is 0.311 e. The van der Waals surface area contributed by atoms with Crippen molar-refractivity contribution < 1.29 is 19.6 Å². The van der Waals surface area contributed by atoms with Crippen LogP contribution in [0, 0.1) is 10.1 Å². The largest absolute Gasteiger partial charge is 0.502 e. The van der Waals surface area contributed by atoms with E-state index in [1.807, 2.05) is 6.92 Å². The minimum atomic E-state index is -0.738. The minimum Gasteiger partial charge on any atom is -0.502 e. The lowest BCUT2D eigenvalue weighted by Crippen LogP contribution is -2.37. The van der Waals surface area contributed by atoms with Gasteiger partial charge in [0.25, 0.3) is 5.91 Å². The molecule has 7 nitrogen and oxygen atoms in total. The number of carbonyl (C=O) groups excluding carboxylic acids is 1. The van der Waals surface area contributed by atoms with Crippen molar-refractivity contribution in [2.75, 3.05) is 13.7 Å². The van der Waals surface area contributed by atoms with E-state index in [0.717, 1.165) is 12.1 Å². The summed E-state index contributed by atoms with van der Waals surface area (Å²) in [5.74, 6) is -0.905. The molecule has 104 valence electrons. The fourth-order valence-electron chi connectivity index (χ4n) is 1.54. The van der Waals surface area contributed by atoms with E-state index in [0.29, 0.717) is 13.0 Å². The molecule has 0 radical (unpaired) electrons. The average molecular weight is 268 g/mol. The van der Waals surface area contributed by atoms with Gasteiger partial charge in [0.15, 0.2) is 5.75 Å². The van der Waals surface area contributed by atoms with Crippen molar-refractivity contribution in [3.8, 4) is 5.75 Å². The van der Waals surface area contributed by atoms with Gasteiger partial charge in [0.2, 0.25) is 0 Å². The van der Waals surface area contributed by atoms with Crippen LogP contribution in [0.5, 0.6) is 5.75 Å². The van der Waals surface area contributed by atoms with Gasteiger partial charge < -0.3 is 15.2 Å². The maximum absolute atomic E-state index is 11.9. The van der Waals surface area contributed by atoms with Crippen molar-refractivity contribution in [1.29, 1.82) is 0 Å². The molecule has 0 heterocycles. The molecular formula is C12H16N2O5. The second-order valence-corrected chi connectivity index (χ2v) is 3.99. The zero-order valence-corrected chi connectivity index (χ0v) is 10.8. The molecule has 0 fully saturated rings. The van der Waals surface area contributed by atoms with Gasteiger partial charge in [-0.2, -0.15) is 0 Å². The number of nitro groups is 1. The van der Waals surface area contributed by atoms with Crippen LogP contribution in [0.25, 0.3) is 0 Å². The molecule has 0 aliphatic carbocycles. The van der Waals surface area contributed by atoms with Gasteiger partial charge in [-0.25, -0.2) is 0 Å². The van der Waals surface area contributed by atoms with Crippen LogP contribution in [-0.4, -0.2) is 35.7 Å². The molecule has 0 aliphatic rings. The van der Waals surface area contributed by atoms with E-state index in [-0.39, 0.29) is 11.6 Å². The van der Waals surface area contributed by atoms with Gasteiger partial charge in [-0.3, -0.25) is 14.9 Å². The summed E-state index contributed by atoms with van der Waals surface area (Å²) >= 11 is 0. The second-order valence-electron chi connectivity index (χ2n) is 3.99. The molecule has 0 unspecified atom stereocenters. The van der Waals surface area contributed by atoms with E-state index in [1.165, 1.54) is 13.2 Å². The fourth-order valence-corrected chi connectivity index (χ4v) is 1.54. The molecule has 1 atom stereocenters. The summed E-state index contributed by atoms with van der Waals surface area (Å²) in [6, 6.07) is 3.34. The molecule has 7 heteroatoms. The van der Waals surface area contributed by atoms with Crippen LogP contribution < -0.4 is 5.32 Å². The fraction of sp³-hybridized carbons (Fsp3) is 0.417. The van der Waals surface area contributed by atoms with Crippen LogP contribution in [0.3, 0.4) is 0 Å². The summed E-state index contributed by atoms with van der Waals surface area (Å²) in [5.41, 5.74) is -0.369. The van der Waals surface area contributed by atoms with Crippen molar-refractivity contribution >= 4 is 11.6 Å². The molecule has 1 aromatic rings. The molecule has 1 aromatic carbocycles. The third-order valence-electron chi connectivity index (χ3n) is 2.63. The third kappa shape index (κ3) is 3.92. The van der Waals surface area contributed by atoms with E-state index in [9.17, 15) is 20.0 Å². The maximum atomic E-state index is 11.9. The van der Waals surface area contributed by atoms with Gasteiger partial charge in [0.1, 0.15) is 0 Å². The number of carbonyl (C=O) groups is 1. The van der Waals surface area contributed by atoms with Gasteiger partial charge in [0, 0.05) is 18.7 Å². The Morgan fingerprint density at radius 3 is 2.79 bits per heavy atom. The Bertz CT molecular complexity index is 475. The lowest BCUT2D eigenvalue weighted by molar-refractivity contribution is -0.385. The highest BCUT2D eigenvalue weighted by molar-refractivity contribution is 5.95. The van der Waals surface area contributed by atoms with Gasteiger partial charge in [-0.1, -0.05) is 6.92 Å². The quantitative estimate of drug-likeness (QED) is 0.600. The maximum Gasteiger partial charge on any atom is 0.311 e. The lowest BCUT2D eigenvalue weighted by Gasteiger charge is -2.15. The van der Waals surface area contributed by atoms with Crippen LogP contribution >= 0.6 is 0 Å². The number of hydrogen-bond donors (Lipinski definition) is 2. The first-order valence-corrected chi connectivity index (χ1v) is 5.76. The minimum absolute atomic E-state index is 0.124. The number of nitrogens with zero attached hydrogens (tertiary/aromatic N) is 1. The zero-order chi connectivity index (χ0) is 14.4. The Morgan fingerprint density at radius 1 is 1.58 bits per heavy atom. The molecule has 1 rings (SSSR count). The number of amides is 1. The highest BCUT2D eigenvalue weighted by atomic mass is 16.6. The number of aromatic hydroxyl groups is 1. The topological polar surface area (TPSA) is 102 Å². The van der Waals surface area contributed by atoms with E-state index in [2.05, 4.69) is 5.32 Å². The van der Waals surface area contributed by atoms with Crippen LogP contribution in [0.4, 0.5) is 5.69 Å². The standard InChI is InChI=1S/C12H16N2O5/c1-3-9(7-19-2)13-12(16)8-4-5-11(15)10(6-8)14(17)18/h4-6,9,15H,3,7H2,1-2H3,(H,13,16)/t9-/m1/s1. The van der Waals surface area contributed by atoms with Crippen molar-refractivity contribution in [1.82, 2.24) is 5.32 Å². The number of hydrogen-bond acceptors (Lipinski definition) is 5. The first kappa shape index (κ1) is 14.9. The number of phenols is 1.